The molecule has 0 unspecified atom stereocenters. The summed E-state index contributed by atoms with van der Waals surface area (Å²) in [7, 11) is 0. The highest BCUT2D eigenvalue weighted by Gasteiger charge is 2.18. The quantitative estimate of drug-likeness (QED) is 0.272. The summed E-state index contributed by atoms with van der Waals surface area (Å²) in [4.78, 5) is 13.0. The number of unbranched alkanes of at least 4 members (excludes halogenated alkanes) is 9. The molecular formula is C20H36ClNO3S. The van der Waals surface area contributed by atoms with E-state index in [1.807, 2.05) is 17.0 Å². The lowest BCUT2D eigenvalue weighted by molar-refractivity contribution is -0.687. The van der Waals surface area contributed by atoms with Crippen LogP contribution in [-0.2, 0) is 22.5 Å². The predicted octanol–water partition coefficient (Wildman–Crippen LogP) is 1.35. The molecule has 26 heavy (non-hydrogen) atoms. The minimum Gasteiger partial charge on any atom is -1.00 e. The van der Waals surface area contributed by atoms with Crippen molar-refractivity contribution in [3.05, 3.63) is 16.1 Å². The van der Waals surface area contributed by atoms with Gasteiger partial charge in [0.15, 0.2) is 5.69 Å². The van der Waals surface area contributed by atoms with Gasteiger partial charge in [0.25, 0.3) is 0 Å². The van der Waals surface area contributed by atoms with E-state index >= 15 is 0 Å². The molecule has 0 spiro atoms. The molecule has 0 amide bonds. The van der Waals surface area contributed by atoms with E-state index in [1.165, 1.54) is 51.4 Å². The molecule has 0 saturated carbocycles. The lowest BCUT2D eigenvalue weighted by atomic mass is 10.1. The molecule has 0 aliphatic heterocycles. The van der Waals surface area contributed by atoms with Crippen LogP contribution in [0.3, 0.4) is 0 Å². The Morgan fingerprint density at radius 1 is 1.08 bits per heavy atom. The van der Waals surface area contributed by atoms with Gasteiger partial charge in [-0.3, -0.25) is 0 Å². The minimum atomic E-state index is -0.169. The van der Waals surface area contributed by atoms with Gasteiger partial charge in [-0.1, -0.05) is 76.0 Å². The van der Waals surface area contributed by atoms with Gasteiger partial charge in [-0.05, 0) is 6.42 Å². The second kappa shape index (κ2) is 16.5. The molecule has 0 fully saturated rings. The average molecular weight is 406 g/mol. The van der Waals surface area contributed by atoms with Crippen LogP contribution >= 0.6 is 11.3 Å². The summed E-state index contributed by atoms with van der Waals surface area (Å²) >= 11 is 1.58. The van der Waals surface area contributed by atoms with Gasteiger partial charge in [0.05, 0.1) is 11.5 Å². The number of ether oxygens (including phenoxy) is 1. The first-order chi connectivity index (χ1) is 12.2. The molecule has 0 radical (unpaired) electrons. The Labute approximate surface area is 169 Å². The molecule has 0 aromatic carbocycles. The molecule has 1 aromatic rings. The summed E-state index contributed by atoms with van der Waals surface area (Å²) in [5.74, 6) is -0.169. The summed E-state index contributed by atoms with van der Waals surface area (Å²) < 4.78 is 7.25. The van der Waals surface area contributed by atoms with E-state index in [4.69, 9.17) is 9.84 Å². The third-order valence-electron chi connectivity index (χ3n) is 4.56. The van der Waals surface area contributed by atoms with E-state index in [2.05, 4.69) is 6.92 Å². The lowest BCUT2D eigenvalue weighted by Crippen LogP contribution is -3.00. The van der Waals surface area contributed by atoms with Gasteiger partial charge in [-0.2, -0.15) is 4.57 Å². The molecule has 0 aliphatic rings. The molecule has 6 heteroatoms. The first-order valence-corrected chi connectivity index (χ1v) is 10.8. The topological polar surface area (TPSA) is 50.4 Å². The predicted molar refractivity (Wildman–Crippen MR) is 103 cm³/mol. The first-order valence-electron chi connectivity index (χ1n) is 9.92. The standard InChI is InChI=1S/C20H36NO3S.ClH/c1-3-4-5-6-7-8-9-10-11-12-15-24-20(23)16-21-17-25-19(13-14-22)18(21)2;/h17,22H,3-16H2,1-2H3;1H/q+1;/p-1. The number of esters is 1. The van der Waals surface area contributed by atoms with Crippen molar-refractivity contribution in [1.29, 1.82) is 0 Å². The number of thiazole rings is 1. The molecule has 0 saturated heterocycles. The number of aromatic nitrogens is 1. The van der Waals surface area contributed by atoms with Gasteiger partial charge >= 0.3 is 5.97 Å². The van der Waals surface area contributed by atoms with Crippen molar-refractivity contribution < 1.29 is 31.6 Å². The Kier molecular flexibility index (Phi) is 16.1. The maximum Gasteiger partial charge on any atom is 0.372 e. The molecular weight excluding hydrogens is 370 g/mol. The Balaban J connectivity index is 0.00000625. The summed E-state index contributed by atoms with van der Waals surface area (Å²) in [6.45, 7) is 5.18. The highest BCUT2D eigenvalue weighted by molar-refractivity contribution is 7.09. The van der Waals surface area contributed by atoms with Crippen LogP contribution in [0, 0.1) is 6.92 Å². The zero-order valence-corrected chi connectivity index (χ0v) is 18.0. The molecule has 0 atom stereocenters. The molecule has 0 aliphatic carbocycles. The molecule has 1 heterocycles. The molecule has 1 N–H and O–H groups in total. The average Bonchev–Trinajstić information content (AvgIpc) is 2.93. The maximum absolute atomic E-state index is 11.9. The van der Waals surface area contributed by atoms with Gasteiger partial charge in [0, 0.05) is 20.0 Å². The number of carbonyl (C=O) groups is 1. The second-order valence-corrected chi connectivity index (χ2v) is 7.68. The van der Waals surface area contributed by atoms with Crippen LogP contribution in [0.4, 0.5) is 0 Å². The van der Waals surface area contributed by atoms with E-state index in [0.717, 1.165) is 23.4 Å². The van der Waals surface area contributed by atoms with Crippen molar-refractivity contribution in [2.45, 2.75) is 91.0 Å². The van der Waals surface area contributed by atoms with Crippen molar-refractivity contribution in [3.8, 4) is 0 Å². The minimum absolute atomic E-state index is 0. The largest absolute Gasteiger partial charge is 1.00 e. The third-order valence-corrected chi connectivity index (χ3v) is 5.70. The van der Waals surface area contributed by atoms with Gasteiger partial charge in [-0.15, -0.1) is 0 Å². The van der Waals surface area contributed by atoms with Crippen molar-refractivity contribution in [2.24, 2.45) is 0 Å². The maximum atomic E-state index is 11.9. The normalized spacial score (nSPS) is 10.6. The van der Waals surface area contributed by atoms with Crippen LogP contribution < -0.4 is 17.0 Å². The molecule has 4 nitrogen and oxygen atoms in total. The van der Waals surface area contributed by atoms with E-state index in [-0.39, 0.29) is 31.5 Å². The van der Waals surface area contributed by atoms with E-state index in [1.54, 1.807) is 11.3 Å². The molecule has 152 valence electrons. The van der Waals surface area contributed by atoms with Crippen molar-refractivity contribution in [2.75, 3.05) is 13.2 Å². The van der Waals surface area contributed by atoms with Gasteiger partial charge in [0.2, 0.25) is 12.1 Å². The highest BCUT2D eigenvalue weighted by Crippen LogP contribution is 2.12. The fraction of sp³-hybridized carbons (Fsp3) is 0.800. The van der Waals surface area contributed by atoms with E-state index in [9.17, 15) is 4.79 Å². The summed E-state index contributed by atoms with van der Waals surface area (Å²) in [6.07, 6.45) is 13.5. The summed E-state index contributed by atoms with van der Waals surface area (Å²) in [5, 5.41) is 9.01. The fourth-order valence-electron chi connectivity index (χ4n) is 2.91. The Morgan fingerprint density at radius 2 is 1.65 bits per heavy atom. The van der Waals surface area contributed by atoms with Crippen LogP contribution in [-0.4, -0.2) is 24.3 Å². The van der Waals surface area contributed by atoms with Crippen molar-refractivity contribution in [3.63, 3.8) is 0 Å². The number of hydrogen-bond donors (Lipinski definition) is 1. The van der Waals surface area contributed by atoms with Crippen LogP contribution in [0.15, 0.2) is 5.51 Å². The van der Waals surface area contributed by atoms with Crippen LogP contribution in [0.25, 0.3) is 0 Å². The van der Waals surface area contributed by atoms with Gasteiger partial charge < -0.3 is 22.3 Å². The number of carbonyl (C=O) groups excluding carboxylic acids is 1. The Bertz CT molecular complexity index is 480. The Hall–Kier alpha value is -0.650. The van der Waals surface area contributed by atoms with Crippen LogP contribution in [0.2, 0.25) is 0 Å². The van der Waals surface area contributed by atoms with Crippen molar-refractivity contribution in [1.82, 2.24) is 0 Å². The zero-order valence-electron chi connectivity index (χ0n) is 16.5. The summed E-state index contributed by atoms with van der Waals surface area (Å²) in [5.41, 5.74) is 2.98. The van der Waals surface area contributed by atoms with Crippen molar-refractivity contribution >= 4 is 17.3 Å². The Morgan fingerprint density at radius 3 is 2.23 bits per heavy atom. The number of aliphatic hydroxyl groups is 1. The van der Waals surface area contributed by atoms with E-state index < -0.39 is 0 Å². The van der Waals surface area contributed by atoms with Crippen LogP contribution in [0.5, 0.6) is 0 Å². The van der Waals surface area contributed by atoms with E-state index in [0.29, 0.717) is 13.0 Å². The number of nitrogens with zero attached hydrogens (tertiary/aromatic N) is 1. The zero-order chi connectivity index (χ0) is 18.3. The summed E-state index contributed by atoms with van der Waals surface area (Å²) in [6, 6.07) is 0. The third kappa shape index (κ3) is 11.1. The number of halogens is 1. The fourth-order valence-corrected chi connectivity index (χ4v) is 3.89. The molecule has 1 aromatic heterocycles. The molecule has 1 rings (SSSR count). The molecule has 0 bridgehead atoms. The lowest BCUT2D eigenvalue weighted by Gasteiger charge is -2.04. The SMILES string of the molecule is CCCCCCCCCCCCOC(=O)C[n+]1csc(CCO)c1C.[Cl-]. The first kappa shape index (κ1) is 25.4. The number of hydrogen-bond acceptors (Lipinski definition) is 4. The second-order valence-electron chi connectivity index (χ2n) is 6.74. The smallest absolute Gasteiger partial charge is 0.372 e. The van der Waals surface area contributed by atoms with Gasteiger partial charge in [-0.25, -0.2) is 4.79 Å². The van der Waals surface area contributed by atoms with Gasteiger partial charge in [0.1, 0.15) is 0 Å². The monoisotopic (exact) mass is 405 g/mol. The van der Waals surface area contributed by atoms with Crippen LogP contribution in [0.1, 0.15) is 81.7 Å². The number of rotatable bonds is 15. The highest BCUT2D eigenvalue weighted by atomic mass is 35.5. The number of aliphatic hydroxyl groups excluding tert-OH is 1.